The van der Waals surface area contributed by atoms with E-state index in [1.165, 1.54) is 6.42 Å². The second-order valence-corrected chi connectivity index (χ2v) is 3.84. The van der Waals surface area contributed by atoms with Crippen molar-refractivity contribution < 1.29 is 0 Å². The summed E-state index contributed by atoms with van der Waals surface area (Å²) < 4.78 is 0. The second-order valence-electron chi connectivity index (χ2n) is 3.84. The van der Waals surface area contributed by atoms with E-state index in [0.717, 1.165) is 5.71 Å². The molecule has 0 saturated carbocycles. The topological polar surface area (TPSA) is 23.9 Å². The molecule has 0 amide bonds. The fourth-order valence-electron chi connectivity index (χ4n) is 1.84. The molecule has 2 atom stereocenters. The predicted molar refractivity (Wildman–Crippen MR) is 51.2 cm³/mol. The lowest BCUT2D eigenvalue weighted by atomic mass is 9.80. The Labute approximate surface area is 70.7 Å². The van der Waals surface area contributed by atoms with Crippen LogP contribution in [0.15, 0.2) is 0 Å². The average Bonchev–Trinajstić information content (AvgIpc) is 1.85. The van der Waals surface area contributed by atoms with Crippen molar-refractivity contribution in [2.45, 2.75) is 41.0 Å². The number of hydrogen-bond donors (Lipinski definition) is 1. The van der Waals surface area contributed by atoms with Gasteiger partial charge in [-0.2, -0.15) is 0 Å². The van der Waals surface area contributed by atoms with Gasteiger partial charge in [-0.05, 0) is 18.8 Å². The van der Waals surface area contributed by atoms with Gasteiger partial charge in [0.2, 0.25) is 0 Å². The zero-order chi connectivity index (χ0) is 9.02. The highest BCUT2D eigenvalue weighted by atomic mass is 14.4. The highest BCUT2D eigenvalue weighted by Crippen LogP contribution is 2.24. The Morgan fingerprint density at radius 3 is 1.82 bits per heavy atom. The molecule has 1 nitrogen and oxygen atoms in total. The maximum absolute atomic E-state index is 7.62. The first-order valence-corrected chi connectivity index (χ1v) is 4.55. The first-order chi connectivity index (χ1) is 5.00. The van der Waals surface area contributed by atoms with E-state index in [2.05, 4.69) is 27.7 Å². The minimum atomic E-state index is 0.486. The lowest BCUT2D eigenvalue weighted by molar-refractivity contribution is 0.346. The molecule has 0 radical (unpaired) electrons. The van der Waals surface area contributed by atoms with Crippen LogP contribution in [0.1, 0.15) is 41.0 Å². The lowest BCUT2D eigenvalue weighted by Gasteiger charge is -2.25. The molecule has 11 heavy (non-hydrogen) atoms. The summed E-state index contributed by atoms with van der Waals surface area (Å²) in [7, 11) is 0. The summed E-state index contributed by atoms with van der Waals surface area (Å²) in [6.45, 7) is 10.8. The molecular weight excluding hydrogens is 134 g/mol. The van der Waals surface area contributed by atoms with Crippen LogP contribution in [0.4, 0.5) is 0 Å². The van der Waals surface area contributed by atoms with Crippen molar-refractivity contribution in [3.63, 3.8) is 0 Å². The second kappa shape index (κ2) is 4.53. The molecule has 66 valence electrons. The summed E-state index contributed by atoms with van der Waals surface area (Å²) in [4.78, 5) is 0. The van der Waals surface area contributed by atoms with Crippen LogP contribution in [0.2, 0.25) is 0 Å². The molecule has 1 heteroatoms. The van der Waals surface area contributed by atoms with Crippen molar-refractivity contribution in [1.82, 2.24) is 0 Å². The van der Waals surface area contributed by atoms with E-state index < -0.39 is 0 Å². The maximum atomic E-state index is 7.62. The molecule has 0 heterocycles. The Hall–Kier alpha value is -0.330. The fourth-order valence-corrected chi connectivity index (χ4v) is 1.84. The van der Waals surface area contributed by atoms with Gasteiger partial charge >= 0.3 is 0 Å². The summed E-state index contributed by atoms with van der Waals surface area (Å²) in [5.41, 5.74) is 0.842. The first-order valence-electron chi connectivity index (χ1n) is 4.55. The van der Waals surface area contributed by atoms with Crippen LogP contribution in [-0.4, -0.2) is 5.71 Å². The Kier molecular flexibility index (Phi) is 4.39. The highest BCUT2D eigenvalue weighted by Gasteiger charge is 2.20. The first kappa shape index (κ1) is 10.7. The van der Waals surface area contributed by atoms with Crippen molar-refractivity contribution >= 4 is 5.71 Å². The molecule has 1 N–H and O–H groups in total. The molecule has 0 aromatic rings. The Morgan fingerprint density at radius 1 is 1.27 bits per heavy atom. The zero-order valence-corrected chi connectivity index (χ0v) is 8.44. The summed E-state index contributed by atoms with van der Waals surface area (Å²) in [6, 6.07) is 0. The van der Waals surface area contributed by atoms with Crippen LogP contribution in [0, 0.1) is 23.2 Å². The van der Waals surface area contributed by atoms with Gasteiger partial charge in [-0.3, -0.25) is 0 Å². The van der Waals surface area contributed by atoms with Crippen molar-refractivity contribution in [2.24, 2.45) is 17.8 Å². The molecule has 0 saturated heterocycles. The van der Waals surface area contributed by atoms with Crippen LogP contribution >= 0.6 is 0 Å². The Bertz CT molecular complexity index is 127. The molecule has 0 bridgehead atoms. The van der Waals surface area contributed by atoms with E-state index in [9.17, 15) is 0 Å². The Morgan fingerprint density at radius 2 is 1.73 bits per heavy atom. The summed E-state index contributed by atoms with van der Waals surface area (Å²) in [5, 5.41) is 7.62. The van der Waals surface area contributed by atoms with E-state index in [1.54, 1.807) is 0 Å². The minimum absolute atomic E-state index is 0.486. The fraction of sp³-hybridized carbons (Fsp3) is 0.900. The van der Waals surface area contributed by atoms with Crippen molar-refractivity contribution in [2.75, 3.05) is 0 Å². The standard InChI is InChI=1S/C10H21N/c1-6-8(4)10(7(2)3)9(5)11/h7-8,10-11H,6H2,1-5H3. The number of hydrogen-bond acceptors (Lipinski definition) is 1. The van der Waals surface area contributed by atoms with Gasteiger partial charge in [0.1, 0.15) is 0 Å². The molecule has 0 aliphatic carbocycles. The van der Waals surface area contributed by atoms with Crippen LogP contribution in [0.25, 0.3) is 0 Å². The molecule has 0 spiro atoms. The van der Waals surface area contributed by atoms with Crippen molar-refractivity contribution in [3.8, 4) is 0 Å². The van der Waals surface area contributed by atoms with Gasteiger partial charge in [-0.15, -0.1) is 0 Å². The van der Waals surface area contributed by atoms with Gasteiger partial charge in [0.25, 0.3) is 0 Å². The normalized spacial score (nSPS) is 16.5. The molecule has 0 aliphatic rings. The third-order valence-electron chi connectivity index (χ3n) is 2.48. The highest BCUT2D eigenvalue weighted by molar-refractivity contribution is 5.81. The van der Waals surface area contributed by atoms with Gasteiger partial charge < -0.3 is 5.41 Å². The number of nitrogens with one attached hydrogen (secondary N) is 1. The largest absolute Gasteiger partial charge is 0.310 e. The van der Waals surface area contributed by atoms with Crippen molar-refractivity contribution in [1.29, 1.82) is 5.41 Å². The molecule has 0 aromatic carbocycles. The van der Waals surface area contributed by atoms with Gasteiger partial charge in [-0.1, -0.05) is 34.1 Å². The monoisotopic (exact) mass is 155 g/mol. The van der Waals surface area contributed by atoms with E-state index >= 15 is 0 Å². The molecule has 2 unspecified atom stereocenters. The van der Waals surface area contributed by atoms with E-state index in [1.807, 2.05) is 6.92 Å². The van der Waals surface area contributed by atoms with Gasteiger partial charge in [0.15, 0.2) is 0 Å². The van der Waals surface area contributed by atoms with Crippen LogP contribution in [0.3, 0.4) is 0 Å². The zero-order valence-electron chi connectivity index (χ0n) is 8.44. The summed E-state index contributed by atoms with van der Waals surface area (Å²) in [5.74, 6) is 1.76. The Balaban J connectivity index is 4.21. The summed E-state index contributed by atoms with van der Waals surface area (Å²) >= 11 is 0. The third-order valence-corrected chi connectivity index (χ3v) is 2.48. The van der Waals surface area contributed by atoms with E-state index in [4.69, 9.17) is 5.41 Å². The number of rotatable bonds is 4. The molecular formula is C10H21N. The molecule has 0 aromatic heterocycles. The van der Waals surface area contributed by atoms with Gasteiger partial charge in [-0.25, -0.2) is 0 Å². The summed E-state index contributed by atoms with van der Waals surface area (Å²) in [6.07, 6.45) is 1.18. The van der Waals surface area contributed by atoms with Gasteiger partial charge in [0, 0.05) is 11.6 Å². The minimum Gasteiger partial charge on any atom is -0.310 e. The van der Waals surface area contributed by atoms with Crippen LogP contribution < -0.4 is 0 Å². The maximum Gasteiger partial charge on any atom is 0.00943 e. The van der Waals surface area contributed by atoms with Crippen LogP contribution in [0.5, 0.6) is 0 Å². The molecule has 0 fully saturated rings. The molecule has 0 aliphatic heterocycles. The smallest absolute Gasteiger partial charge is 0.00943 e. The van der Waals surface area contributed by atoms with Crippen molar-refractivity contribution in [3.05, 3.63) is 0 Å². The average molecular weight is 155 g/mol. The lowest BCUT2D eigenvalue weighted by Crippen LogP contribution is -2.24. The quantitative estimate of drug-likeness (QED) is 0.602. The van der Waals surface area contributed by atoms with Crippen LogP contribution in [-0.2, 0) is 0 Å². The van der Waals surface area contributed by atoms with E-state index in [0.29, 0.717) is 17.8 Å². The van der Waals surface area contributed by atoms with E-state index in [-0.39, 0.29) is 0 Å². The SMILES string of the molecule is CCC(C)C(C(C)=N)C(C)C. The third kappa shape index (κ3) is 3.04. The van der Waals surface area contributed by atoms with Gasteiger partial charge in [0.05, 0.1) is 0 Å². The molecule has 0 rings (SSSR count). The predicted octanol–water partition coefficient (Wildman–Crippen LogP) is 3.34.